The van der Waals surface area contributed by atoms with Crippen molar-refractivity contribution >= 4 is 16.3 Å². The molecule has 3 nitrogen and oxygen atoms in total. The fourth-order valence-corrected chi connectivity index (χ4v) is 8.54. The third-order valence-corrected chi connectivity index (χ3v) is 11.6. The van der Waals surface area contributed by atoms with Crippen LogP contribution < -0.4 is 0 Å². The highest BCUT2D eigenvalue weighted by atomic mass is 15.2. The molecule has 0 aliphatic rings. The summed E-state index contributed by atoms with van der Waals surface area (Å²) in [6, 6.07) is 84.0. The zero-order valence-corrected chi connectivity index (χ0v) is 33.4. The monoisotopic (exact) mass is 777 g/mol. The van der Waals surface area contributed by atoms with Crippen molar-refractivity contribution < 1.29 is 0 Å². The minimum atomic E-state index is 0.963. The Morgan fingerprint density at radius 1 is 0.295 bits per heavy atom. The molecule has 0 amide bonds. The Morgan fingerprint density at radius 3 is 1.21 bits per heavy atom. The quantitative estimate of drug-likeness (QED) is 0.154. The summed E-state index contributed by atoms with van der Waals surface area (Å²) in [7, 11) is 0. The Labute approximate surface area is 355 Å². The van der Waals surface area contributed by atoms with E-state index in [1.165, 1.54) is 27.6 Å². The number of rotatable bonds is 8. The van der Waals surface area contributed by atoms with Gasteiger partial charge in [0, 0.05) is 33.2 Å². The van der Waals surface area contributed by atoms with Crippen molar-refractivity contribution in [1.82, 2.24) is 14.6 Å². The molecule has 61 heavy (non-hydrogen) atoms. The average molecular weight is 778 g/mol. The third-order valence-electron chi connectivity index (χ3n) is 11.6. The fourth-order valence-electron chi connectivity index (χ4n) is 8.54. The van der Waals surface area contributed by atoms with Crippen LogP contribution in [0.4, 0.5) is 0 Å². The van der Waals surface area contributed by atoms with Gasteiger partial charge in [-0.2, -0.15) is 5.10 Å². The molecule has 0 bridgehead atoms. The number of pyridine rings is 2. The predicted octanol–water partition coefficient (Wildman–Crippen LogP) is 15.2. The first-order valence-corrected chi connectivity index (χ1v) is 20.7. The Balaban J connectivity index is 0.965. The normalized spacial score (nSPS) is 11.3. The molecule has 0 spiro atoms. The Bertz CT molecular complexity index is 3230. The van der Waals surface area contributed by atoms with Gasteiger partial charge in [-0.05, 0) is 68.6 Å². The first kappa shape index (κ1) is 36.0. The first-order chi connectivity index (χ1) is 30.2. The number of hydrogen-bond acceptors (Lipinski definition) is 2. The smallest absolute Gasteiger partial charge is 0.101 e. The molecule has 0 saturated heterocycles. The van der Waals surface area contributed by atoms with Crippen LogP contribution in [0.25, 0.3) is 106 Å². The van der Waals surface area contributed by atoms with E-state index in [0.717, 1.165) is 78.2 Å². The predicted molar refractivity (Wildman–Crippen MR) is 254 cm³/mol. The summed E-state index contributed by atoms with van der Waals surface area (Å²) >= 11 is 0. The van der Waals surface area contributed by atoms with Crippen molar-refractivity contribution in [2.24, 2.45) is 0 Å². The van der Waals surface area contributed by atoms with Crippen molar-refractivity contribution in [2.45, 2.75) is 0 Å². The summed E-state index contributed by atoms with van der Waals surface area (Å²) in [5.74, 6) is 0. The lowest BCUT2D eigenvalue weighted by Gasteiger charge is -2.13. The largest absolute Gasteiger partial charge is 0.248 e. The van der Waals surface area contributed by atoms with Gasteiger partial charge < -0.3 is 0 Å². The molecular weight excluding hydrogens is 739 g/mol. The molecule has 0 unspecified atom stereocenters. The number of nitrogens with zero attached hydrogens (tertiary/aromatic N) is 3. The summed E-state index contributed by atoms with van der Waals surface area (Å²) in [5, 5.41) is 7.70. The van der Waals surface area contributed by atoms with Gasteiger partial charge in [-0.1, -0.05) is 212 Å². The van der Waals surface area contributed by atoms with Crippen LogP contribution in [0, 0.1) is 0 Å². The van der Waals surface area contributed by atoms with E-state index < -0.39 is 0 Å². The maximum absolute atomic E-state index is 5.37. The van der Waals surface area contributed by atoms with Gasteiger partial charge in [-0.3, -0.25) is 0 Å². The third kappa shape index (κ3) is 6.88. The second-order valence-electron chi connectivity index (χ2n) is 15.4. The lowest BCUT2D eigenvalue weighted by molar-refractivity contribution is 0.979. The summed E-state index contributed by atoms with van der Waals surface area (Å²) in [6.07, 6.45) is 0. The van der Waals surface area contributed by atoms with E-state index in [2.05, 4.69) is 229 Å². The molecule has 0 atom stereocenters. The van der Waals surface area contributed by atoms with Gasteiger partial charge in [-0.15, -0.1) is 0 Å². The molecule has 3 heterocycles. The van der Waals surface area contributed by atoms with Crippen molar-refractivity contribution in [3.8, 4) is 89.5 Å². The average Bonchev–Trinajstić information content (AvgIpc) is 3.76. The van der Waals surface area contributed by atoms with Crippen molar-refractivity contribution in [3.63, 3.8) is 0 Å². The van der Waals surface area contributed by atoms with Crippen molar-refractivity contribution in [3.05, 3.63) is 237 Å². The lowest BCUT2D eigenvalue weighted by Crippen LogP contribution is -1.96. The molecule has 3 aromatic heterocycles. The molecule has 0 fully saturated rings. The zero-order chi connectivity index (χ0) is 40.5. The molecule has 8 aromatic carbocycles. The highest BCUT2D eigenvalue weighted by molar-refractivity contribution is 6.09. The van der Waals surface area contributed by atoms with E-state index in [1.807, 2.05) is 12.1 Å². The highest BCUT2D eigenvalue weighted by Gasteiger charge is 2.22. The van der Waals surface area contributed by atoms with Crippen molar-refractivity contribution in [2.75, 3.05) is 0 Å². The number of fused-ring (bicyclic) bond motifs is 3. The van der Waals surface area contributed by atoms with Crippen LogP contribution in [-0.2, 0) is 0 Å². The van der Waals surface area contributed by atoms with E-state index in [9.17, 15) is 0 Å². The summed E-state index contributed by atoms with van der Waals surface area (Å²) in [6.45, 7) is 0. The van der Waals surface area contributed by atoms with Crippen LogP contribution in [-0.4, -0.2) is 14.6 Å². The second-order valence-corrected chi connectivity index (χ2v) is 15.4. The number of aromatic nitrogens is 3. The van der Waals surface area contributed by atoms with E-state index in [4.69, 9.17) is 10.1 Å². The zero-order valence-electron chi connectivity index (χ0n) is 33.4. The van der Waals surface area contributed by atoms with Gasteiger partial charge in [0.15, 0.2) is 0 Å². The van der Waals surface area contributed by atoms with E-state index >= 15 is 0 Å². The SMILES string of the molecule is c1ccc(-c2cc(-c3ccc(-c4ccc(-c5ccc6c(c5)cc(-c5ccccc5)n5nc(-c7ccccc7)c(-c7ccccc7)c65)cc4)cc3)cc(-c3ccccc3)n2)cc1. The molecule has 0 N–H and O–H groups in total. The van der Waals surface area contributed by atoms with E-state index in [-0.39, 0.29) is 0 Å². The van der Waals surface area contributed by atoms with Gasteiger partial charge in [0.25, 0.3) is 0 Å². The van der Waals surface area contributed by atoms with Crippen LogP contribution >= 0.6 is 0 Å². The number of hydrogen-bond donors (Lipinski definition) is 0. The molecule has 0 saturated carbocycles. The second kappa shape index (κ2) is 15.6. The maximum Gasteiger partial charge on any atom is 0.101 e. The maximum atomic E-state index is 5.37. The summed E-state index contributed by atoms with van der Waals surface area (Å²) < 4.78 is 2.15. The topological polar surface area (TPSA) is 30.2 Å². The standard InChI is InChI=1S/C58H39N3/c1-6-16-44(17-7-1)53-37-50(38-54(59-53)45-18-8-2-9-19-45)43-32-28-41(29-33-43)40-26-30-42(31-27-40)49-34-35-52-51(36-49)39-55(46-20-10-3-11-21-46)61-58(52)56(47-22-12-4-13-23-47)57(60-61)48-24-14-5-15-25-48/h1-39H. The van der Waals surface area contributed by atoms with Gasteiger partial charge in [0.1, 0.15) is 5.69 Å². The van der Waals surface area contributed by atoms with Gasteiger partial charge in [-0.25, -0.2) is 9.50 Å². The highest BCUT2D eigenvalue weighted by Crippen LogP contribution is 2.42. The lowest BCUT2D eigenvalue weighted by atomic mass is 9.94. The molecule has 11 rings (SSSR count). The fraction of sp³-hybridized carbons (Fsp3) is 0. The van der Waals surface area contributed by atoms with Crippen molar-refractivity contribution in [1.29, 1.82) is 0 Å². The molecule has 0 aliphatic carbocycles. The minimum Gasteiger partial charge on any atom is -0.248 e. The van der Waals surface area contributed by atoms with Crippen LogP contribution in [0.2, 0.25) is 0 Å². The van der Waals surface area contributed by atoms with Crippen LogP contribution in [0.15, 0.2) is 237 Å². The Morgan fingerprint density at radius 2 is 0.705 bits per heavy atom. The van der Waals surface area contributed by atoms with E-state index in [1.54, 1.807) is 0 Å². The molecular formula is C58H39N3. The Hall–Kier alpha value is -8.14. The molecule has 0 aliphatic heterocycles. The van der Waals surface area contributed by atoms with Gasteiger partial charge in [0.05, 0.1) is 22.6 Å². The first-order valence-electron chi connectivity index (χ1n) is 20.7. The van der Waals surface area contributed by atoms with Crippen LogP contribution in [0.3, 0.4) is 0 Å². The van der Waals surface area contributed by atoms with Crippen LogP contribution in [0.1, 0.15) is 0 Å². The number of benzene rings is 8. The minimum absolute atomic E-state index is 0.963. The van der Waals surface area contributed by atoms with Gasteiger partial charge >= 0.3 is 0 Å². The molecule has 0 radical (unpaired) electrons. The van der Waals surface area contributed by atoms with Gasteiger partial charge in [0.2, 0.25) is 0 Å². The molecule has 286 valence electrons. The Kier molecular flexibility index (Phi) is 9.18. The molecule has 11 aromatic rings. The summed E-state index contributed by atoms with van der Waals surface area (Å²) in [4.78, 5) is 5.07. The van der Waals surface area contributed by atoms with Crippen LogP contribution in [0.5, 0.6) is 0 Å². The molecule has 3 heteroatoms. The van der Waals surface area contributed by atoms with E-state index in [0.29, 0.717) is 0 Å². The summed E-state index contributed by atoms with van der Waals surface area (Å²) in [5.41, 5.74) is 18.7.